The highest BCUT2D eigenvalue weighted by molar-refractivity contribution is 5.34. The molecule has 0 bridgehead atoms. The van der Waals surface area contributed by atoms with Crippen LogP contribution >= 0.6 is 0 Å². The highest BCUT2D eigenvalue weighted by Crippen LogP contribution is 2.49. The molecule has 17 heavy (non-hydrogen) atoms. The first kappa shape index (κ1) is 11.1. The average Bonchev–Trinajstić information content (AvgIpc) is 2.65. The van der Waals surface area contributed by atoms with Crippen molar-refractivity contribution in [1.82, 2.24) is 0 Å². The first-order valence-electron chi connectivity index (χ1n) is 6.81. The summed E-state index contributed by atoms with van der Waals surface area (Å²) in [5.41, 5.74) is 1.80. The molecule has 0 radical (unpaired) electrons. The minimum atomic E-state index is 0.285. The Kier molecular flexibility index (Phi) is 2.43. The van der Waals surface area contributed by atoms with E-state index < -0.39 is 0 Å². The standard InChI is InChI=1S/C17H22/c1-17(2,3)14-9-8-13-10-12-6-4-5-7-15(12)16(13)11-14/h4-9,11-13,15-16H,10H2,1-3H3. The highest BCUT2D eigenvalue weighted by Gasteiger charge is 2.40. The van der Waals surface area contributed by atoms with E-state index in [1.165, 1.54) is 12.0 Å². The van der Waals surface area contributed by atoms with Crippen molar-refractivity contribution in [2.45, 2.75) is 27.2 Å². The smallest absolute Gasteiger partial charge is 0.00954 e. The van der Waals surface area contributed by atoms with E-state index in [0.29, 0.717) is 0 Å². The van der Waals surface area contributed by atoms with E-state index >= 15 is 0 Å². The van der Waals surface area contributed by atoms with Crippen LogP contribution in [-0.4, -0.2) is 0 Å². The van der Waals surface area contributed by atoms with E-state index in [1.807, 2.05) is 0 Å². The quantitative estimate of drug-likeness (QED) is 0.569. The summed E-state index contributed by atoms with van der Waals surface area (Å²) in [6, 6.07) is 0. The lowest BCUT2D eigenvalue weighted by Crippen LogP contribution is -2.19. The zero-order valence-electron chi connectivity index (χ0n) is 11.1. The fraction of sp³-hybridized carbons (Fsp3) is 0.529. The second-order valence-electron chi connectivity index (χ2n) is 6.72. The van der Waals surface area contributed by atoms with E-state index in [4.69, 9.17) is 0 Å². The molecule has 0 nitrogen and oxygen atoms in total. The summed E-state index contributed by atoms with van der Waals surface area (Å²) >= 11 is 0. The molecule has 0 spiro atoms. The highest BCUT2D eigenvalue weighted by atomic mass is 14.4. The van der Waals surface area contributed by atoms with Gasteiger partial charge in [-0.25, -0.2) is 0 Å². The lowest BCUT2D eigenvalue weighted by atomic mass is 9.76. The molecule has 4 unspecified atom stereocenters. The number of hydrogen-bond donors (Lipinski definition) is 0. The third kappa shape index (κ3) is 1.84. The minimum absolute atomic E-state index is 0.285. The minimum Gasteiger partial charge on any atom is -0.0808 e. The number of hydrogen-bond acceptors (Lipinski definition) is 0. The van der Waals surface area contributed by atoms with E-state index in [2.05, 4.69) is 63.3 Å². The molecule has 0 aromatic heterocycles. The first-order chi connectivity index (χ1) is 8.05. The van der Waals surface area contributed by atoms with Gasteiger partial charge in [-0.05, 0) is 41.1 Å². The zero-order chi connectivity index (χ0) is 12.0. The monoisotopic (exact) mass is 226 g/mol. The molecule has 1 fully saturated rings. The Morgan fingerprint density at radius 3 is 2.41 bits per heavy atom. The van der Waals surface area contributed by atoms with Crippen LogP contribution in [-0.2, 0) is 0 Å². The van der Waals surface area contributed by atoms with Crippen LogP contribution in [0.4, 0.5) is 0 Å². The third-order valence-corrected chi connectivity index (χ3v) is 4.54. The van der Waals surface area contributed by atoms with Crippen molar-refractivity contribution >= 4 is 0 Å². The summed E-state index contributed by atoms with van der Waals surface area (Å²) < 4.78 is 0. The molecule has 3 aliphatic rings. The van der Waals surface area contributed by atoms with Crippen LogP contribution in [0.2, 0.25) is 0 Å². The van der Waals surface area contributed by atoms with Crippen LogP contribution in [0.1, 0.15) is 27.2 Å². The Morgan fingerprint density at radius 1 is 0.941 bits per heavy atom. The van der Waals surface area contributed by atoms with Crippen LogP contribution in [0.25, 0.3) is 0 Å². The molecule has 0 aliphatic heterocycles. The largest absolute Gasteiger partial charge is 0.0808 e. The molecule has 4 atom stereocenters. The second kappa shape index (κ2) is 3.73. The molecule has 0 aromatic rings. The summed E-state index contributed by atoms with van der Waals surface area (Å²) in [5, 5.41) is 0. The second-order valence-corrected chi connectivity index (χ2v) is 6.72. The average molecular weight is 226 g/mol. The van der Waals surface area contributed by atoms with Crippen molar-refractivity contribution in [3.8, 4) is 0 Å². The van der Waals surface area contributed by atoms with Gasteiger partial charge in [-0.2, -0.15) is 0 Å². The lowest BCUT2D eigenvalue weighted by molar-refractivity contribution is 0.436. The Bertz CT molecular complexity index is 425. The Balaban J connectivity index is 1.92. The molecular weight excluding hydrogens is 204 g/mol. The van der Waals surface area contributed by atoms with Crippen molar-refractivity contribution in [3.05, 3.63) is 48.1 Å². The molecule has 3 rings (SSSR count). The van der Waals surface area contributed by atoms with Crippen molar-refractivity contribution in [2.75, 3.05) is 0 Å². The normalized spacial score (nSPS) is 38.9. The van der Waals surface area contributed by atoms with Gasteiger partial charge in [0, 0.05) is 0 Å². The van der Waals surface area contributed by atoms with Crippen LogP contribution in [0, 0.1) is 29.1 Å². The van der Waals surface area contributed by atoms with Gasteiger partial charge in [0.1, 0.15) is 0 Å². The number of rotatable bonds is 0. The molecule has 90 valence electrons. The molecule has 0 heterocycles. The maximum absolute atomic E-state index is 2.55. The van der Waals surface area contributed by atoms with Crippen LogP contribution in [0.15, 0.2) is 48.1 Å². The Morgan fingerprint density at radius 2 is 1.65 bits per heavy atom. The maximum atomic E-state index is 2.55. The van der Waals surface area contributed by atoms with E-state index in [-0.39, 0.29) is 5.41 Å². The van der Waals surface area contributed by atoms with Gasteiger partial charge < -0.3 is 0 Å². The Labute approximate surface area is 105 Å². The first-order valence-corrected chi connectivity index (χ1v) is 6.81. The summed E-state index contributed by atoms with van der Waals surface area (Å²) in [6.45, 7) is 6.94. The van der Waals surface area contributed by atoms with E-state index in [0.717, 1.165) is 23.7 Å². The zero-order valence-corrected chi connectivity index (χ0v) is 11.1. The molecule has 0 saturated heterocycles. The number of allylic oxidation sites excluding steroid dienone is 8. The number of fused-ring (bicyclic) bond motifs is 3. The van der Waals surface area contributed by atoms with Crippen molar-refractivity contribution in [1.29, 1.82) is 0 Å². The molecule has 0 heteroatoms. The van der Waals surface area contributed by atoms with Gasteiger partial charge in [-0.1, -0.05) is 63.3 Å². The molecule has 0 N–H and O–H groups in total. The van der Waals surface area contributed by atoms with Gasteiger partial charge >= 0.3 is 0 Å². The fourth-order valence-corrected chi connectivity index (χ4v) is 3.51. The SMILES string of the molecule is CC(C)(C)C1=CC2C(C=C1)CC1C=CC=CC12. The lowest BCUT2D eigenvalue weighted by Gasteiger charge is -2.29. The van der Waals surface area contributed by atoms with Crippen molar-refractivity contribution < 1.29 is 0 Å². The van der Waals surface area contributed by atoms with Crippen LogP contribution in [0.3, 0.4) is 0 Å². The van der Waals surface area contributed by atoms with Crippen molar-refractivity contribution in [2.24, 2.45) is 29.1 Å². The molecular formula is C17H22. The van der Waals surface area contributed by atoms with Crippen LogP contribution in [0.5, 0.6) is 0 Å². The van der Waals surface area contributed by atoms with Gasteiger partial charge in [-0.3, -0.25) is 0 Å². The van der Waals surface area contributed by atoms with Gasteiger partial charge in [-0.15, -0.1) is 0 Å². The molecule has 3 aliphatic carbocycles. The van der Waals surface area contributed by atoms with Gasteiger partial charge in [0.05, 0.1) is 0 Å². The van der Waals surface area contributed by atoms with Crippen molar-refractivity contribution in [3.63, 3.8) is 0 Å². The fourth-order valence-electron chi connectivity index (χ4n) is 3.51. The maximum Gasteiger partial charge on any atom is -0.00954 e. The van der Waals surface area contributed by atoms with E-state index in [9.17, 15) is 0 Å². The molecule has 0 amide bonds. The molecule has 1 saturated carbocycles. The Hall–Kier alpha value is -1.04. The summed E-state index contributed by atoms with van der Waals surface area (Å²) in [7, 11) is 0. The summed E-state index contributed by atoms with van der Waals surface area (Å²) in [6.07, 6.45) is 18.0. The predicted octanol–water partition coefficient (Wildman–Crippen LogP) is 4.52. The predicted molar refractivity (Wildman–Crippen MR) is 73.5 cm³/mol. The summed E-state index contributed by atoms with van der Waals surface area (Å²) in [4.78, 5) is 0. The summed E-state index contributed by atoms with van der Waals surface area (Å²) in [5.74, 6) is 3.02. The van der Waals surface area contributed by atoms with Gasteiger partial charge in [0.25, 0.3) is 0 Å². The third-order valence-electron chi connectivity index (χ3n) is 4.54. The van der Waals surface area contributed by atoms with E-state index in [1.54, 1.807) is 0 Å². The van der Waals surface area contributed by atoms with Crippen LogP contribution < -0.4 is 0 Å². The van der Waals surface area contributed by atoms with Gasteiger partial charge in [0.15, 0.2) is 0 Å². The van der Waals surface area contributed by atoms with Gasteiger partial charge in [0.2, 0.25) is 0 Å². The molecule has 0 aromatic carbocycles. The topological polar surface area (TPSA) is 0 Å².